The van der Waals surface area contributed by atoms with Crippen molar-refractivity contribution in [2.75, 3.05) is 12.1 Å². The lowest BCUT2D eigenvalue weighted by Crippen LogP contribution is -2.44. The second-order valence-electron chi connectivity index (χ2n) is 6.93. The van der Waals surface area contributed by atoms with Gasteiger partial charge >= 0.3 is 0 Å². The molecule has 0 radical (unpaired) electrons. The summed E-state index contributed by atoms with van der Waals surface area (Å²) in [5.74, 6) is 1.01. The van der Waals surface area contributed by atoms with Crippen molar-refractivity contribution in [2.45, 2.75) is 12.7 Å². The average Bonchev–Trinajstić information content (AvgIpc) is 3.24. The minimum Gasteiger partial charge on any atom is -0.491 e. The van der Waals surface area contributed by atoms with Crippen LogP contribution in [0.1, 0.15) is 17.2 Å². The summed E-state index contributed by atoms with van der Waals surface area (Å²) in [6.45, 7) is 0.586. The third kappa shape index (κ3) is 2.81. The Morgan fingerprint density at radius 2 is 1.59 bits per heavy atom. The van der Waals surface area contributed by atoms with Crippen molar-refractivity contribution in [3.63, 3.8) is 0 Å². The lowest BCUT2D eigenvalue weighted by molar-refractivity contribution is 0.389. The number of hydrogen-bond donors (Lipinski definition) is 0. The van der Waals surface area contributed by atoms with E-state index in [1.54, 1.807) is 18.5 Å². The molecule has 2 aromatic heterocycles. The molecule has 0 spiro atoms. The highest BCUT2D eigenvalue weighted by Gasteiger charge is 2.32. The predicted octanol–water partition coefficient (Wildman–Crippen LogP) is 3.42. The number of aromatic nitrogens is 3. The van der Waals surface area contributed by atoms with Crippen molar-refractivity contribution in [2.24, 2.45) is 0 Å². The first-order valence-electron chi connectivity index (χ1n) is 9.46. The van der Waals surface area contributed by atoms with Crippen LogP contribution in [0.15, 0.2) is 90.1 Å². The highest BCUT2D eigenvalue weighted by molar-refractivity contribution is 5.62. The van der Waals surface area contributed by atoms with Gasteiger partial charge in [-0.05, 0) is 11.1 Å². The summed E-state index contributed by atoms with van der Waals surface area (Å²) in [5.41, 5.74) is 2.82. The molecule has 0 saturated carbocycles. The molecular weight excluding hydrogens is 364 g/mol. The van der Waals surface area contributed by atoms with Crippen molar-refractivity contribution in [1.29, 1.82) is 0 Å². The van der Waals surface area contributed by atoms with Crippen molar-refractivity contribution >= 4 is 0 Å². The molecule has 1 aliphatic rings. The van der Waals surface area contributed by atoms with Crippen LogP contribution in [0.25, 0.3) is 11.5 Å². The minimum absolute atomic E-state index is 0.0566. The maximum atomic E-state index is 12.5. The summed E-state index contributed by atoms with van der Waals surface area (Å²) in [6, 6.07) is 22.2. The Labute approximate surface area is 168 Å². The number of hydrogen-bond acceptors (Lipinski definition) is 4. The number of fused-ring (bicyclic) bond motifs is 3. The Bertz CT molecular complexity index is 1160. The zero-order valence-corrected chi connectivity index (χ0v) is 16.0. The van der Waals surface area contributed by atoms with Crippen LogP contribution in [-0.2, 0) is 6.67 Å². The van der Waals surface area contributed by atoms with Crippen LogP contribution < -0.4 is 15.2 Å². The lowest BCUT2D eigenvalue weighted by atomic mass is 9.98. The fraction of sp³-hybridized carbons (Fsp3) is 0.130. The third-order valence-corrected chi connectivity index (χ3v) is 5.27. The molecule has 0 N–H and O–H groups in total. The molecule has 0 atom stereocenters. The van der Waals surface area contributed by atoms with E-state index in [1.807, 2.05) is 51.8 Å². The molecule has 4 aromatic rings. The van der Waals surface area contributed by atoms with Crippen molar-refractivity contribution in [3.05, 3.63) is 107 Å². The largest absolute Gasteiger partial charge is 0.491 e. The standard InChI is InChI=1S/C23H20N4O2/c1-29-22-19(28)12-14-26-21(22)23-24-13-15-25(23)16-27(26)20(17-8-4-2-5-9-17)18-10-6-3-7-11-18/h2-15,20H,16H2,1H3. The second-order valence-corrected chi connectivity index (χ2v) is 6.93. The zero-order valence-electron chi connectivity index (χ0n) is 16.0. The summed E-state index contributed by atoms with van der Waals surface area (Å²) in [4.78, 5) is 17.0. The third-order valence-electron chi connectivity index (χ3n) is 5.27. The molecule has 3 heterocycles. The van der Waals surface area contributed by atoms with Gasteiger partial charge in [0.25, 0.3) is 0 Å². The molecule has 5 rings (SSSR count). The molecule has 0 bridgehead atoms. The normalized spacial score (nSPS) is 12.6. The number of rotatable bonds is 4. The van der Waals surface area contributed by atoms with Gasteiger partial charge in [0.15, 0.2) is 17.3 Å². The SMILES string of the molecule is COc1c2n(ccc1=O)N(C(c1ccccc1)c1ccccc1)Cn1ccnc1-2. The first kappa shape index (κ1) is 17.3. The number of pyridine rings is 1. The molecule has 0 unspecified atom stereocenters. The quantitative estimate of drug-likeness (QED) is 0.541. The molecule has 0 aliphatic carbocycles. The maximum Gasteiger partial charge on any atom is 0.224 e. The van der Waals surface area contributed by atoms with Crippen LogP contribution in [0, 0.1) is 0 Å². The molecule has 0 saturated heterocycles. The van der Waals surface area contributed by atoms with E-state index in [2.05, 4.69) is 34.3 Å². The fourth-order valence-electron chi connectivity index (χ4n) is 4.00. The summed E-state index contributed by atoms with van der Waals surface area (Å²) >= 11 is 0. The number of nitrogens with zero attached hydrogens (tertiary/aromatic N) is 4. The highest BCUT2D eigenvalue weighted by atomic mass is 16.5. The molecule has 1 aliphatic heterocycles. The van der Waals surface area contributed by atoms with Crippen molar-refractivity contribution in [3.8, 4) is 17.3 Å². The van der Waals surface area contributed by atoms with Gasteiger partial charge in [-0.3, -0.25) is 14.5 Å². The lowest BCUT2D eigenvalue weighted by Gasteiger charge is -2.40. The molecular formula is C23H20N4O2. The van der Waals surface area contributed by atoms with Crippen LogP contribution in [0.5, 0.6) is 5.75 Å². The number of imidazole rings is 1. The van der Waals surface area contributed by atoms with Crippen molar-refractivity contribution < 1.29 is 4.74 Å². The second kappa shape index (κ2) is 6.98. The van der Waals surface area contributed by atoms with Crippen LogP contribution in [0.4, 0.5) is 0 Å². The van der Waals surface area contributed by atoms with Crippen LogP contribution in [-0.4, -0.2) is 21.3 Å². The van der Waals surface area contributed by atoms with Gasteiger partial charge in [-0.15, -0.1) is 0 Å². The topological polar surface area (TPSA) is 52.3 Å². The molecule has 0 fully saturated rings. The van der Waals surface area contributed by atoms with E-state index in [-0.39, 0.29) is 11.5 Å². The van der Waals surface area contributed by atoms with Gasteiger partial charge in [0.2, 0.25) is 5.43 Å². The van der Waals surface area contributed by atoms with E-state index in [0.29, 0.717) is 18.1 Å². The van der Waals surface area contributed by atoms with Crippen molar-refractivity contribution in [1.82, 2.24) is 14.2 Å². The molecule has 0 amide bonds. The molecule has 2 aromatic carbocycles. The van der Waals surface area contributed by atoms with E-state index in [9.17, 15) is 4.79 Å². The fourth-order valence-corrected chi connectivity index (χ4v) is 4.00. The summed E-state index contributed by atoms with van der Waals surface area (Å²) in [6.07, 6.45) is 5.48. The smallest absolute Gasteiger partial charge is 0.224 e. The van der Waals surface area contributed by atoms with Crippen LogP contribution >= 0.6 is 0 Å². The van der Waals surface area contributed by atoms with Gasteiger partial charge < -0.3 is 9.30 Å². The van der Waals surface area contributed by atoms with E-state index >= 15 is 0 Å². The summed E-state index contributed by atoms with van der Waals surface area (Å²) in [5, 5.41) is 2.22. The molecule has 144 valence electrons. The van der Waals surface area contributed by atoms with Gasteiger partial charge in [0.05, 0.1) is 13.2 Å². The van der Waals surface area contributed by atoms with Gasteiger partial charge in [-0.2, -0.15) is 0 Å². The van der Waals surface area contributed by atoms with E-state index < -0.39 is 0 Å². The summed E-state index contributed by atoms with van der Waals surface area (Å²) in [7, 11) is 1.52. The number of methoxy groups -OCH3 is 1. The van der Waals surface area contributed by atoms with E-state index in [0.717, 1.165) is 17.0 Å². The van der Waals surface area contributed by atoms with E-state index in [1.165, 1.54) is 7.11 Å². The molecule has 6 nitrogen and oxygen atoms in total. The van der Waals surface area contributed by atoms with Gasteiger partial charge in [-0.25, -0.2) is 4.98 Å². The minimum atomic E-state index is -0.161. The Morgan fingerprint density at radius 1 is 0.931 bits per heavy atom. The van der Waals surface area contributed by atoms with E-state index in [4.69, 9.17) is 4.74 Å². The van der Waals surface area contributed by atoms with Crippen LogP contribution in [0.3, 0.4) is 0 Å². The number of ether oxygens (including phenoxy) is 1. The van der Waals surface area contributed by atoms with Crippen LogP contribution in [0.2, 0.25) is 0 Å². The predicted molar refractivity (Wildman–Crippen MR) is 111 cm³/mol. The average molecular weight is 384 g/mol. The van der Waals surface area contributed by atoms with Gasteiger partial charge in [0.1, 0.15) is 6.67 Å². The molecule has 6 heteroatoms. The Balaban J connectivity index is 1.76. The summed E-state index contributed by atoms with van der Waals surface area (Å²) < 4.78 is 9.53. The Morgan fingerprint density at radius 3 is 2.21 bits per heavy atom. The Kier molecular flexibility index (Phi) is 4.17. The first-order valence-corrected chi connectivity index (χ1v) is 9.46. The van der Waals surface area contributed by atoms with Gasteiger partial charge in [0, 0.05) is 24.7 Å². The Hall–Kier alpha value is -3.80. The first-order chi connectivity index (χ1) is 14.3. The van der Waals surface area contributed by atoms with Gasteiger partial charge in [-0.1, -0.05) is 60.7 Å². The monoisotopic (exact) mass is 384 g/mol. The highest BCUT2D eigenvalue weighted by Crippen LogP contribution is 2.35. The molecule has 29 heavy (non-hydrogen) atoms. The maximum absolute atomic E-state index is 12.5. The zero-order chi connectivity index (χ0) is 19.8. The number of benzene rings is 2.